The van der Waals surface area contributed by atoms with Crippen LogP contribution in [-0.2, 0) is 11.2 Å². The standard InChI is InChI=1S/C19H25N3O/c1-22(2)18(17-10-4-3-5-11-17)15-21-19(23)12-6-8-16-9-7-13-20-14-16/h3-5,7,9-11,13-14,18H,6,8,12,15H2,1-2H3,(H,21,23). The highest BCUT2D eigenvalue weighted by Crippen LogP contribution is 2.16. The molecule has 0 saturated carbocycles. The molecule has 2 aromatic rings. The predicted octanol–water partition coefficient (Wildman–Crippen LogP) is 2.82. The van der Waals surface area contributed by atoms with Crippen LogP contribution in [0, 0.1) is 0 Å². The minimum atomic E-state index is 0.108. The second-order valence-corrected chi connectivity index (χ2v) is 5.91. The van der Waals surface area contributed by atoms with E-state index in [0.29, 0.717) is 13.0 Å². The summed E-state index contributed by atoms with van der Waals surface area (Å²) in [6.07, 6.45) is 5.90. The Kier molecular flexibility index (Phi) is 6.76. The van der Waals surface area contributed by atoms with Crippen molar-refractivity contribution in [3.8, 4) is 0 Å². The Labute approximate surface area is 138 Å². The SMILES string of the molecule is CN(C)C(CNC(=O)CCCc1cccnc1)c1ccccc1. The Morgan fingerprint density at radius 1 is 1.17 bits per heavy atom. The third-order valence-corrected chi connectivity index (χ3v) is 3.89. The van der Waals surface area contributed by atoms with Crippen molar-refractivity contribution in [3.05, 3.63) is 66.0 Å². The number of pyridine rings is 1. The zero-order valence-corrected chi connectivity index (χ0v) is 13.9. The molecule has 23 heavy (non-hydrogen) atoms. The number of nitrogens with one attached hydrogen (secondary N) is 1. The highest BCUT2D eigenvalue weighted by molar-refractivity contribution is 5.75. The molecule has 1 unspecified atom stereocenters. The third kappa shape index (κ3) is 5.83. The summed E-state index contributed by atoms with van der Waals surface area (Å²) in [4.78, 5) is 18.3. The van der Waals surface area contributed by atoms with E-state index in [0.717, 1.165) is 12.8 Å². The monoisotopic (exact) mass is 311 g/mol. The van der Waals surface area contributed by atoms with Crippen LogP contribution in [0.25, 0.3) is 0 Å². The van der Waals surface area contributed by atoms with Crippen molar-refractivity contribution in [3.63, 3.8) is 0 Å². The molecule has 1 N–H and O–H groups in total. The molecular formula is C19H25N3O. The molecule has 4 heteroatoms. The lowest BCUT2D eigenvalue weighted by Crippen LogP contribution is -2.34. The fourth-order valence-electron chi connectivity index (χ4n) is 2.57. The first-order valence-electron chi connectivity index (χ1n) is 8.04. The fraction of sp³-hybridized carbons (Fsp3) is 0.368. The summed E-state index contributed by atoms with van der Waals surface area (Å²) in [5.41, 5.74) is 2.39. The topological polar surface area (TPSA) is 45.2 Å². The van der Waals surface area contributed by atoms with Crippen LogP contribution < -0.4 is 5.32 Å². The van der Waals surface area contributed by atoms with Gasteiger partial charge in [0, 0.05) is 25.4 Å². The molecule has 0 spiro atoms. The zero-order chi connectivity index (χ0) is 16.5. The van der Waals surface area contributed by atoms with E-state index in [1.54, 1.807) is 6.20 Å². The first-order chi connectivity index (χ1) is 11.2. The van der Waals surface area contributed by atoms with Crippen molar-refractivity contribution in [2.45, 2.75) is 25.3 Å². The van der Waals surface area contributed by atoms with Gasteiger partial charge in [-0.1, -0.05) is 36.4 Å². The van der Waals surface area contributed by atoms with E-state index in [4.69, 9.17) is 0 Å². The summed E-state index contributed by atoms with van der Waals surface area (Å²) in [5, 5.41) is 3.05. The van der Waals surface area contributed by atoms with Gasteiger partial charge in [-0.3, -0.25) is 9.78 Å². The molecule has 2 rings (SSSR count). The summed E-state index contributed by atoms with van der Waals surface area (Å²) in [6, 6.07) is 14.4. The van der Waals surface area contributed by atoms with Gasteiger partial charge in [0.1, 0.15) is 0 Å². The maximum Gasteiger partial charge on any atom is 0.220 e. The number of benzene rings is 1. The van der Waals surface area contributed by atoms with Crippen LogP contribution >= 0.6 is 0 Å². The van der Waals surface area contributed by atoms with E-state index >= 15 is 0 Å². The van der Waals surface area contributed by atoms with Crippen LogP contribution in [0.3, 0.4) is 0 Å². The predicted molar refractivity (Wildman–Crippen MR) is 93.1 cm³/mol. The summed E-state index contributed by atoms with van der Waals surface area (Å²) < 4.78 is 0. The van der Waals surface area contributed by atoms with Crippen molar-refractivity contribution in [1.82, 2.24) is 15.2 Å². The molecule has 0 radical (unpaired) electrons. The van der Waals surface area contributed by atoms with Gasteiger partial charge in [-0.25, -0.2) is 0 Å². The molecule has 1 aromatic heterocycles. The van der Waals surface area contributed by atoms with Gasteiger partial charge in [-0.2, -0.15) is 0 Å². The van der Waals surface area contributed by atoms with E-state index in [1.165, 1.54) is 11.1 Å². The van der Waals surface area contributed by atoms with Crippen molar-refractivity contribution >= 4 is 5.91 Å². The molecule has 1 heterocycles. The number of carbonyl (C=O) groups is 1. The Morgan fingerprint density at radius 2 is 1.96 bits per heavy atom. The molecule has 0 fully saturated rings. The molecule has 0 aliphatic heterocycles. The zero-order valence-electron chi connectivity index (χ0n) is 13.9. The van der Waals surface area contributed by atoms with Gasteiger partial charge in [0.15, 0.2) is 0 Å². The van der Waals surface area contributed by atoms with Gasteiger partial charge in [-0.15, -0.1) is 0 Å². The van der Waals surface area contributed by atoms with Gasteiger partial charge < -0.3 is 10.2 Å². The number of aromatic nitrogens is 1. The first-order valence-corrected chi connectivity index (χ1v) is 8.04. The van der Waals surface area contributed by atoms with Gasteiger partial charge in [0.2, 0.25) is 5.91 Å². The second kappa shape index (κ2) is 9.06. The lowest BCUT2D eigenvalue weighted by molar-refractivity contribution is -0.121. The van der Waals surface area contributed by atoms with Crippen molar-refractivity contribution < 1.29 is 4.79 Å². The van der Waals surface area contributed by atoms with Crippen molar-refractivity contribution in [2.75, 3.05) is 20.6 Å². The Hall–Kier alpha value is -2.20. The minimum Gasteiger partial charge on any atom is -0.354 e. The maximum absolute atomic E-state index is 12.0. The Bertz CT molecular complexity index is 584. The molecule has 0 bridgehead atoms. The van der Waals surface area contributed by atoms with Crippen LogP contribution in [-0.4, -0.2) is 36.4 Å². The van der Waals surface area contributed by atoms with Gasteiger partial charge >= 0.3 is 0 Å². The summed E-state index contributed by atoms with van der Waals surface area (Å²) >= 11 is 0. The van der Waals surface area contributed by atoms with E-state index in [-0.39, 0.29) is 11.9 Å². The number of hydrogen-bond acceptors (Lipinski definition) is 3. The van der Waals surface area contributed by atoms with Crippen LogP contribution in [0.4, 0.5) is 0 Å². The lowest BCUT2D eigenvalue weighted by Gasteiger charge is -2.25. The summed E-state index contributed by atoms with van der Waals surface area (Å²) in [5.74, 6) is 0.108. The van der Waals surface area contributed by atoms with E-state index in [1.807, 2.05) is 50.6 Å². The minimum absolute atomic E-state index is 0.108. The van der Waals surface area contributed by atoms with Gasteiger partial charge in [-0.05, 0) is 44.1 Å². The molecule has 0 aliphatic carbocycles. The van der Waals surface area contributed by atoms with Crippen LogP contribution in [0.2, 0.25) is 0 Å². The quantitative estimate of drug-likeness (QED) is 0.815. The molecule has 122 valence electrons. The molecule has 0 aliphatic rings. The third-order valence-electron chi connectivity index (χ3n) is 3.89. The summed E-state index contributed by atoms with van der Waals surface area (Å²) in [6.45, 7) is 0.628. The average Bonchev–Trinajstić information content (AvgIpc) is 2.57. The number of nitrogens with zero attached hydrogens (tertiary/aromatic N) is 2. The highest BCUT2D eigenvalue weighted by atomic mass is 16.1. The number of carbonyl (C=O) groups excluding carboxylic acids is 1. The Morgan fingerprint density at radius 3 is 2.61 bits per heavy atom. The maximum atomic E-state index is 12.0. The van der Waals surface area contributed by atoms with Crippen LogP contribution in [0.1, 0.15) is 30.0 Å². The molecule has 1 amide bonds. The van der Waals surface area contributed by atoms with E-state index < -0.39 is 0 Å². The van der Waals surface area contributed by atoms with Crippen molar-refractivity contribution in [2.24, 2.45) is 0 Å². The normalized spacial score (nSPS) is 12.1. The van der Waals surface area contributed by atoms with Crippen LogP contribution in [0.15, 0.2) is 54.9 Å². The molecule has 1 atom stereocenters. The average molecular weight is 311 g/mol. The molecule has 4 nitrogen and oxygen atoms in total. The Balaban J connectivity index is 1.76. The molecular weight excluding hydrogens is 286 g/mol. The highest BCUT2D eigenvalue weighted by Gasteiger charge is 2.14. The van der Waals surface area contributed by atoms with Gasteiger partial charge in [0.05, 0.1) is 6.04 Å². The number of rotatable bonds is 8. The van der Waals surface area contributed by atoms with E-state index in [2.05, 4.69) is 27.3 Å². The number of likely N-dealkylation sites (N-methyl/N-ethyl adjacent to an activating group) is 1. The smallest absolute Gasteiger partial charge is 0.220 e. The second-order valence-electron chi connectivity index (χ2n) is 5.91. The van der Waals surface area contributed by atoms with Gasteiger partial charge in [0.25, 0.3) is 0 Å². The number of amides is 1. The number of hydrogen-bond donors (Lipinski definition) is 1. The lowest BCUT2D eigenvalue weighted by atomic mass is 10.1. The summed E-state index contributed by atoms with van der Waals surface area (Å²) in [7, 11) is 4.07. The van der Waals surface area contributed by atoms with E-state index in [9.17, 15) is 4.79 Å². The largest absolute Gasteiger partial charge is 0.354 e. The molecule has 1 aromatic carbocycles. The fourth-order valence-corrected chi connectivity index (χ4v) is 2.57. The van der Waals surface area contributed by atoms with Crippen LogP contribution in [0.5, 0.6) is 0 Å². The molecule has 0 saturated heterocycles. The van der Waals surface area contributed by atoms with Crippen molar-refractivity contribution in [1.29, 1.82) is 0 Å². The number of aryl methyl sites for hydroxylation is 1. The first kappa shape index (κ1) is 17.2.